The maximum atomic E-state index is 14.1. The molecule has 5 aliphatic rings. The van der Waals surface area contributed by atoms with E-state index in [1.807, 2.05) is 0 Å². The van der Waals surface area contributed by atoms with Crippen molar-refractivity contribution in [3.8, 4) is 17.3 Å². The quantitative estimate of drug-likeness (QED) is 0.257. The second-order valence-corrected chi connectivity index (χ2v) is 19.8. The van der Waals surface area contributed by atoms with E-state index in [4.69, 9.17) is 9.15 Å². The van der Waals surface area contributed by atoms with Gasteiger partial charge in [0.1, 0.15) is 17.5 Å². The molecule has 10 nitrogen and oxygen atoms in total. The molecule has 4 saturated carbocycles. The summed E-state index contributed by atoms with van der Waals surface area (Å²) in [5, 5.41) is 18.4. The summed E-state index contributed by atoms with van der Waals surface area (Å²) in [7, 11) is 0. The van der Waals surface area contributed by atoms with Crippen molar-refractivity contribution in [2.24, 2.45) is 50.7 Å². The third kappa shape index (κ3) is 6.10. The molecule has 0 radical (unpaired) electrons. The summed E-state index contributed by atoms with van der Waals surface area (Å²) in [5.74, 6) is -0.608. The molecule has 0 saturated heterocycles. The summed E-state index contributed by atoms with van der Waals surface area (Å²) >= 11 is 0. The van der Waals surface area contributed by atoms with Gasteiger partial charge in [0.15, 0.2) is 5.78 Å². The number of hydrogen-bond acceptors (Lipinski definition) is 9. The maximum Gasteiger partial charge on any atom is 0.573 e. The van der Waals surface area contributed by atoms with Gasteiger partial charge in [-0.1, -0.05) is 48.5 Å². The van der Waals surface area contributed by atoms with Crippen LogP contribution >= 0.6 is 0 Å². The number of nitrogens with zero attached hydrogens (tertiary/aromatic N) is 3. The molecule has 0 amide bonds. The smallest absolute Gasteiger partial charge is 0.481 e. The van der Waals surface area contributed by atoms with Crippen LogP contribution in [-0.4, -0.2) is 50.5 Å². The van der Waals surface area contributed by atoms with Crippen LogP contribution in [-0.2, 0) is 24.5 Å². The first kappa shape index (κ1) is 40.4. The normalized spacial score (nSPS) is 35.3. The topological polar surface area (TPSA) is 142 Å². The molecule has 13 heteroatoms. The summed E-state index contributed by atoms with van der Waals surface area (Å²) in [6.07, 6.45) is 2.91. The number of esters is 1. The number of halogens is 3. The van der Waals surface area contributed by atoms with Crippen LogP contribution in [0.1, 0.15) is 132 Å². The number of pyridine rings is 1. The number of carbonyl (C=O) groups excluding carboxylic acids is 2. The van der Waals surface area contributed by atoms with Gasteiger partial charge in [-0.05, 0) is 128 Å². The highest BCUT2D eigenvalue weighted by atomic mass is 19.4. The van der Waals surface area contributed by atoms with Crippen LogP contribution in [0.3, 0.4) is 0 Å². The van der Waals surface area contributed by atoms with Crippen molar-refractivity contribution >= 4 is 17.7 Å². The van der Waals surface area contributed by atoms with E-state index in [0.29, 0.717) is 24.1 Å². The lowest BCUT2D eigenvalue weighted by atomic mass is 9.33. The van der Waals surface area contributed by atoms with Crippen LogP contribution in [0.5, 0.6) is 5.75 Å². The SMILES string of the molecule is CC(C)C1=C2[C@H]3CC[C@@H]4[C@@]5(C)CC[C@H](OC(=O)CC(C)(C)C(=O)O)C(C)(C)[C@@H]5CC[C@@]4(C)[C@]3(C)CC[C@@]2(c2nnc(-c3ccc(OC(F)(F)F)cn3)o2)CC1=O. The second-order valence-electron chi connectivity index (χ2n) is 19.8. The molecule has 2 heterocycles. The summed E-state index contributed by atoms with van der Waals surface area (Å²) in [4.78, 5) is 43.1. The molecule has 5 aliphatic carbocycles. The zero-order valence-corrected chi connectivity index (χ0v) is 34.1. The number of rotatable bonds is 8. The van der Waals surface area contributed by atoms with E-state index in [0.717, 1.165) is 68.4 Å². The number of hydrogen-bond donors (Lipinski definition) is 1. The summed E-state index contributed by atoms with van der Waals surface area (Å²) in [5.41, 5.74) is -0.273. The molecule has 1 N–H and O–H groups in total. The Balaban J connectivity index is 1.18. The average molecular weight is 784 g/mol. The predicted octanol–water partition coefficient (Wildman–Crippen LogP) is 9.67. The predicted molar refractivity (Wildman–Crippen MR) is 199 cm³/mol. The minimum atomic E-state index is -4.84. The number of carboxylic acids is 1. The van der Waals surface area contributed by atoms with Gasteiger partial charge in [-0.25, -0.2) is 4.98 Å². The number of fused-ring (bicyclic) bond motifs is 7. The van der Waals surface area contributed by atoms with E-state index >= 15 is 0 Å². The van der Waals surface area contributed by atoms with Crippen LogP contribution in [0.25, 0.3) is 11.6 Å². The van der Waals surface area contributed by atoms with E-state index < -0.39 is 34.9 Å². The Labute approximate surface area is 326 Å². The highest BCUT2D eigenvalue weighted by Gasteiger charge is 2.71. The number of Topliss-reactive ketones (excluding diaryl/α,β-unsaturated/α-hetero) is 1. The standard InChI is InChI=1S/C43H56F3N3O7/c1-23(2)32-27(50)20-42(35-49-48-34(55-35)26-12-10-24(22-47-26)56-43(44,45)46)19-18-40(8)25(33(32)42)11-13-29-39(7)16-15-30(54-31(51)21-37(3,4)36(52)53)38(5,6)28(39)14-17-41(29,40)9/h10,12,22-23,25,28-30H,11,13-21H2,1-9H3,(H,52,53)/t25-,28+,29-,30+,39+,40-,41-,42-/m1/s1. The van der Waals surface area contributed by atoms with Crippen LogP contribution in [0.2, 0.25) is 0 Å². The zero-order chi connectivity index (χ0) is 41.0. The van der Waals surface area contributed by atoms with Gasteiger partial charge in [0.25, 0.3) is 5.89 Å². The molecule has 7 rings (SSSR count). The number of aliphatic carboxylic acids is 1. The number of alkyl halides is 3. The van der Waals surface area contributed by atoms with E-state index in [-0.39, 0.29) is 69.8 Å². The maximum absolute atomic E-state index is 14.1. The Morgan fingerprint density at radius 1 is 0.946 bits per heavy atom. The fourth-order valence-corrected chi connectivity index (χ4v) is 12.9. The number of allylic oxidation sites excluding steroid dienone is 2. The van der Waals surface area contributed by atoms with Crippen molar-refractivity contribution in [3.63, 3.8) is 0 Å². The molecular formula is C43H56F3N3O7. The summed E-state index contributed by atoms with van der Waals surface area (Å²) in [6.45, 7) is 19.1. The van der Waals surface area contributed by atoms with Gasteiger partial charge in [-0.2, -0.15) is 0 Å². The molecule has 0 unspecified atom stereocenters. The van der Waals surface area contributed by atoms with Crippen molar-refractivity contribution in [1.82, 2.24) is 15.2 Å². The van der Waals surface area contributed by atoms with E-state index in [9.17, 15) is 32.7 Å². The van der Waals surface area contributed by atoms with Crippen molar-refractivity contribution < 1.29 is 46.6 Å². The van der Waals surface area contributed by atoms with Crippen molar-refractivity contribution in [2.75, 3.05) is 0 Å². The Morgan fingerprint density at radius 2 is 1.66 bits per heavy atom. The number of ether oxygens (including phenoxy) is 2. The van der Waals surface area contributed by atoms with Gasteiger partial charge >= 0.3 is 18.3 Å². The van der Waals surface area contributed by atoms with Crippen LogP contribution in [0, 0.1) is 50.7 Å². The number of carbonyl (C=O) groups is 3. The Kier molecular flexibility index (Phi) is 9.48. The van der Waals surface area contributed by atoms with Gasteiger partial charge in [-0.3, -0.25) is 14.4 Å². The van der Waals surface area contributed by atoms with E-state index in [1.54, 1.807) is 13.8 Å². The molecule has 56 heavy (non-hydrogen) atoms. The molecule has 0 bridgehead atoms. The van der Waals surface area contributed by atoms with E-state index in [2.05, 4.69) is 68.4 Å². The second kappa shape index (κ2) is 13.1. The fraction of sp³-hybridized carbons (Fsp3) is 0.721. The largest absolute Gasteiger partial charge is 0.573 e. The highest BCUT2D eigenvalue weighted by molar-refractivity contribution is 6.01. The molecule has 8 atom stereocenters. The Hall–Kier alpha value is -3.77. The van der Waals surface area contributed by atoms with Gasteiger partial charge in [-0.15, -0.1) is 23.4 Å². The van der Waals surface area contributed by atoms with Gasteiger partial charge in [0.2, 0.25) is 5.89 Å². The van der Waals surface area contributed by atoms with Crippen molar-refractivity contribution in [3.05, 3.63) is 35.4 Å². The van der Waals surface area contributed by atoms with Crippen LogP contribution in [0.4, 0.5) is 13.2 Å². The lowest BCUT2D eigenvalue weighted by Gasteiger charge is -2.72. The summed E-state index contributed by atoms with van der Waals surface area (Å²) in [6, 6.07) is 2.50. The number of ketones is 1. The summed E-state index contributed by atoms with van der Waals surface area (Å²) < 4.78 is 54.8. The molecule has 2 aromatic heterocycles. The van der Waals surface area contributed by atoms with Crippen LogP contribution in [0.15, 0.2) is 33.9 Å². The first-order valence-corrected chi connectivity index (χ1v) is 20.2. The lowest BCUT2D eigenvalue weighted by Crippen LogP contribution is -2.66. The molecule has 4 fully saturated rings. The fourth-order valence-electron chi connectivity index (χ4n) is 12.9. The first-order valence-electron chi connectivity index (χ1n) is 20.2. The Morgan fingerprint density at radius 3 is 2.29 bits per heavy atom. The Bertz CT molecular complexity index is 1950. The van der Waals surface area contributed by atoms with Gasteiger partial charge in [0.05, 0.1) is 23.4 Å². The zero-order valence-electron chi connectivity index (χ0n) is 34.1. The minimum Gasteiger partial charge on any atom is -0.481 e. The first-order chi connectivity index (χ1) is 25.9. The number of aromatic nitrogens is 3. The average Bonchev–Trinajstić information content (AvgIpc) is 3.69. The molecule has 0 spiro atoms. The third-order valence-corrected chi connectivity index (χ3v) is 15.8. The van der Waals surface area contributed by atoms with Crippen molar-refractivity contribution in [2.45, 2.75) is 144 Å². The van der Waals surface area contributed by atoms with Gasteiger partial charge in [0, 0.05) is 11.8 Å². The lowest BCUT2D eigenvalue weighted by molar-refractivity contribution is -0.274. The van der Waals surface area contributed by atoms with Gasteiger partial charge < -0.3 is 19.0 Å². The van der Waals surface area contributed by atoms with E-state index in [1.165, 1.54) is 6.07 Å². The van der Waals surface area contributed by atoms with Crippen molar-refractivity contribution in [1.29, 1.82) is 0 Å². The van der Waals surface area contributed by atoms with Crippen LogP contribution < -0.4 is 4.74 Å². The number of carboxylic acid groups (broad SMARTS) is 1. The third-order valence-electron chi connectivity index (χ3n) is 15.8. The monoisotopic (exact) mass is 783 g/mol. The molecule has 0 aromatic carbocycles. The minimum absolute atomic E-state index is 0.00870. The molecule has 306 valence electrons. The molecule has 0 aliphatic heterocycles. The molecular weight excluding hydrogens is 727 g/mol. The molecule has 2 aromatic rings. The highest BCUT2D eigenvalue weighted by Crippen LogP contribution is 2.76.